The summed E-state index contributed by atoms with van der Waals surface area (Å²) in [5, 5.41) is 3.17. The number of rotatable bonds is 3. The van der Waals surface area contributed by atoms with Crippen LogP contribution in [0.4, 0.5) is 5.69 Å². The average molecular weight is 320 g/mol. The smallest absolute Gasteiger partial charge is 0.269 e. The molecule has 1 amide bonds. The maximum Gasteiger partial charge on any atom is 0.269 e. The van der Waals surface area contributed by atoms with Crippen molar-refractivity contribution >= 4 is 23.2 Å². The zero-order valence-corrected chi connectivity index (χ0v) is 12.6. The number of nitrogens with one attached hydrogen (secondary N) is 1. The molecule has 6 heteroatoms. The summed E-state index contributed by atoms with van der Waals surface area (Å²) < 4.78 is 16.2. The van der Waals surface area contributed by atoms with Crippen LogP contribution in [-0.4, -0.2) is 25.7 Å². The number of methoxy groups -OCH3 is 1. The largest absolute Gasteiger partial charge is 0.495 e. The standard InChI is InChI=1S/C16H14ClNO4/c1-20-12-7-6-10(8-11(12)17)18-16(19)15-9-21-13-4-2-3-5-14(13)22-15/h2-8,15H,9H2,1H3,(H,18,19)/t15-/m0/s1. The van der Waals surface area contributed by atoms with Gasteiger partial charge in [-0.1, -0.05) is 23.7 Å². The Morgan fingerprint density at radius 3 is 2.77 bits per heavy atom. The summed E-state index contributed by atoms with van der Waals surface area (Å²) in [6.45, 7) is 0.159. The molecule has 0 radical (unpaired) electrons. The summed E-state index contributed by atoms with van der Waals surface area (Å²) in [5.74, 6) is 1.45. The van der Waals surface area contributed by atoms with Crippen LogP contribution in [0, 0.1) is 0 Å². The van der Waals surface area contributed by atoms with Crippen molar-refractivity contribution in [2.45, 2.75) is 6.10 Å². The van der Waals surface area contributed by atoms with Crippen molar-refractivity contribution in [3.63, 3.8) is 0 Å². The predicted octanol–water partition coefficient (Wildman–Crippen LogP) is 3.13. The van der Waals surface area contributed by atoms with Crippen molar-refractivity contribution in [3.05, 3.63) is 47.5 Å². The zero-order valence-electron chi connectivity index (χ0n) is 11.8. The van der Waals surface area contributed by atoms with Crippen molar-refractivity contribution < 1.29 is 19.0 Å². The Hall–Kier alpha value is -2.40. The Morgan fingerprint density at radius 1 is 1.27 bits per heavy atom. The number of carbonyl (C=O) groups excluding carboxylic acids is 1. The molecule has 0 fully saturated rings. The van der Waals surface area contributed by atoms with Crippen LogP contribution >= 0.6 is 11.6 Å². The van der Waals surface area contributed by atoms with Crippen LogP contribution in [0.3, 0.4) is 0 Å². The van der Waals surface area contributed by atoms with Gasteiger partial charge < -0.3 is 19.5 Å². The fourth-order valence-corrected chi connectivity index (χ4v) is 2.37. The van der Waals surface area contributed by atoms with E-state index in [0.29, 0.717) is 28.0 Å². The third-order valence-corrected chi connectivity index (χ3v) is 3.52. The highest BCUT2D eigenvalue weighted by Gasteiger charge is 2.27. The van der Waals surface area contributed by atoms with Crippen molar-refractivity contribution in [2.24, 2.45) is 0 Å². The molecule has 2 aromatic rings. The van der Waals surface area contributed by atoms with Crippen molar-refractivity contribution in [1.29, 1.82) is 0 Å². The molecule has 0 saturated heterocycles. The Labute approximate surface area is 132 Å². The lowest BCUT2D eigenvalue weighted by atomic mass is 10.2. The van der Waals surface area contributed by atoms with E-state index in [0.717, 1.165) is 0 Å². The van der Waals surface area contributed by atoms with E-state index in [2.05, 4.69) is 5.32 Å². The number of amides is 1. The number of halogens is 1. The fourth-order valence-electron chi connectivity index (χ4n) is 2.12. The lowest BCUT2D eigenvalue weighted by Gasteiger charge is -2.25. The molecule has 0 aliphatic carbocycles. The summed E-state index contributed by atoms with van der Waals surface area (Å²) in [6, 6.07) is 12.3. The Morgan fingerprint density at radius 2 is 2.05 bits per heavy atom. The molecule has 5 nitrogen and oxygen atoms in total. The molecular formula is C16H14ClNO4. The van der Waals surface area contributed by atoms with Crippen LogP contribution < -0.4 is 19.5 Å². The van der Waals surface area contributed by atoms with E-state index in [-0.39, 0.29) is 12.5 Å². The molecular weight excluding hydrogens is 306 g/mol. The summed E-state index contributed by atoms with van der Waals surface area (Å²) in [5.41, 5.74) is 0.568. The number of para-hydroxylation sites is 2. The van der Waals surface area contributed by atoms with Gasteiger partial charge in [0.25, 0.3) is 5.91 Å². The van der Waals surface area contributed by atoms with E-state index in [1.165, 1.54) is 7.11 Å². The van der Waals surface area contributed by atoms with E-state index in [1.807, 2.05) is 12.1 Å². The monoisotopic (exact) mass is 319 g/mol. The van der Waals surface area contributed by atoms with Gasteiger partial charge in [0.15, 0.2) is 11.5 Å². The summed E-state index contributed by atoms with van der Waals surface area (Å²) in [4.78, 5) is 12.3. The zero-order chi connectivity index (χ0) is 15.5. The molecule has 3 rings (SSSR count). The summed E-state index contributed by atoms with van der Waals surface area (Å²) >= 11 is 6.03. The van der Waals surface area contributed by atoms with E-state index >= 15 is 0 Å². The van der Waals surface area contributed by atoms with E-state index in [4.69, 9.17) is 25.8 Å². The normalized spacial score (nSPS) is 16.0. The van der Waals surface area contributed by atoms with Crippen LogP contribution in [0.1, 0.15) is 0 Å². The second kappa shape index (κ2) is 6.15. The highest BCUT2D eigenvalue weighted by Crippen LogP contribution is 2.31. The maximum absolute atomic E-state index is 12.3. The van der Waals surface area contributed by atoms with Gasteiger partial charge in [-0.2, -0.15) is 0 Å². The third kappa shape index (κ3) is 2.94. The van der Waals surface area contributed by atoms with Gasteiger partial charge in [-0.05, 0) is 30.3 Å². The average Bonchev–Trinajstić information content (AvgIpc) is 2.54. The Balaban J connectivity index is 1.69. The molecule has 2 aromatic carbocycles. The van der Waals surface area contributed by atoms with Gasteiger partial charge in [0, 0.05) is 5.69 Å². The molecule has 0 saturated carbocycles. The fraction of sp³-hybridized carbons (Fsp3) is 0.188. The summed E-state index contributed by atoms with van der Waals surface area (Å²) in [7, 11) is 1.53. The number of hydrogen-bond donors (Lipinski definition) is 1. The SMILES string of the molecule is COc1ccc(NC(=O)[C@@H]2COc3ccccc3O2)cc1Cl. The molecule has 0 unspecified atom stereocenters. The molecule has 1 N–H and O–H groups in total. The summed E-state index contributed by atoms with van der Waals surface area (Å²) in [6.07, 6.45) is -0.712. The first-order valence-corrected chi connectivity index (χ1v) is 7.08. The third-order valence-electron chi connectivity index (χ3n) is 3.22. The maximum atomic E-state index is 12.3. The van der Waals surface area contributed by atoms with E-state index < -0.39 is 6.10 Å². The van der Waals surface area contributed by atoms with Crippen LogP contribution in [0.15, 0.2) is 42.5 Å². The highest BCUT2D eigenvalue weighted by atomic mass is 35.5. The lowest BCUT2D eigenvalue weighted by Crippen LogP contribution is -2.40. The molecule has 114 valence electrons. The second-order valence-corrected chi connectivity index (χ2v) is 5.11. The van der Waals surface area contributed by atoms with Crippen LogP contribution in [0.5, 0.6) is 17.2 Å². The van der Waals surface area contributed by atoms with Crippen LogP contribution in [0.2, 0.25) is 5.02 Å². The number of benzene rings is 2. The minimum absolute atomic E-state index is 0.159. The van der Waals surface area contributed by atoms with Gasteiger partial charge in [-0.15, -0.1) is 0 Å². The second-order valence-electron chi connectivity index (χ2n) is 4.70. The number of anilines is 1. The molecule has 0 spiro atoms. The highest BCUT2D eigenvalue weighted by molar-refractivity contribution is 6.32. The topological polar surface area (TPSA) is 56.8 Å². The van der Waals surface area contributed by atoms with Gasteiger partial charge in [0.05, 0.1) is 12.1 Å². The van der Waals surface area contributed by atoms with Gasteiger partial charge in [-0.3, -0.25) is 4.79 Å². The van der Waals surface area contributed by atoms with Gasteiger partial charge in [0.1, 0.15) is 12.4 Å². The molecule has 1 heterocycles. The van der Waals surface area contributed by atoms with E-state index in [9.17, 15) is 4.79 Å². The number of ether oxygens (including phenoxy) is 3. The minimum Gasteiger partial charge on any atom is -0.495 e. The van der Waals surface area contributed by atoms with E-state index in [1.54, 1.807) is 30.3 Å². The van der Waals surface area contributed by atoms with Gasteiger partial charge >= 0.3 is 0 Å². The first kappa shape index (κ1) is 14.5. The molecule has 22 heavy (non-hydrogen) atoms. The molecule has 1 atom stereocenters. The first-order chi connectivity index (χ1) is 10.7. The van der Waals surface area contributed by atoms with Crippen molar-refractivity contribution in [2.75, 3.05) is 19.0 Å². The molecule has 0 aromatic heterocycles. The number of carbonyl (C=O) groups is 1. The quantitative estimate of drug-likeness (QED) is 0.944. The Bertz CT molecular complexity index is 704. The van der Waals surface area contributed by atoms with Crippen LogP contribution in [-0.2, 0) is 4.79 Å². The lowest BCUT2D eigenvalue weighted by molar-refractivity contribution is -0.125. The predicted molar refractivity (Wildman–Crippen MR) is 83.0 cm³/mol. The first-order valence-electron chi connectivity index (χ1n) is 6.70. The van der Waals surface area contributed by atoms with Gasteiger partial charge in [0.2, 0.25) is 6.10 Å². The molecule has 1 aliphatic heterocycles. The number of fused-ring (bicyclic) bond motifs is 1. The van der Waals surface area contributed by atoms with Gasteiger partial charge in [-0.25, -0.2) is 0 Å². The molecule has 1 aliphatic rings. The molecule has 0 bridgehead atoms. The van der Waals surface area contributed by atoms with Crippen LogP contribution in [0.25, 0.3) is 0 Å². The number of hydrogen-bond acceptors (Lipinski definition) is 4. The Kier molecular flexibility index (Phi) is 4.06. The van der Waals surface area contributed by atoms with Crippen molar-refractivity contribution in [1.82, 2.24) is 0 Å². The minimum atomic E-state index is -0.712. The van der Waals surface area contributed by atoms with Crippen molar-refractivity contribution in [3.8, 4) is 17.2 Å².